The number of ether oxygens (including phenoxy) is 2. The zero-order chi connectivity index (χ0) is 32.9. The number of anilines is 2. The molecule has 0 bridgehead atoms. The monoisotopic (exact) mass is 638 g/mol. The Bertz CT molecular complexity index is 1410. The molecule has 0 aliphatic heterocycles. The lowest BCUT2D eigenvalue weighted by Gasteiger charge is -2.22. The number of halogens is 4. The topological polar surface area (TPSA) is 162 Å². The van der Waals surface area contributed by atoms with Crippen molar-refractivity contribution in [3.05, 3.63) is 82.9 Å². The number of hydrazine groups is 1. The van der Waals surface area contributed by atoms with Gasteiger partial charge in [-0.2, -0.15) is 13.2 Å². The average Bonchev–Trinajstić information content (AvgIpc) is 2.96. The number of benzene rings is 3. The molecule has 0 fully saturated rings. The van der Waals surface area contributed by atoms with Crippen LogP contribution in [0.5, 0.6) is 11.5 Å². The summed E-state index contributed by atoms with van der Waals surface area (Å²) < 4.78 is 43.5. The quantitative estimate of drug-likeness (QED) is 0.0869. The van der Waals surface area contributed by atoms with Gasteiger partial charge in [0.05, 0.1) is 17.3 Å². The van der Waals surface area contributed by atoms with E-state index in [1.54, 1.807) is 48.5 Å². The Morgan fingerprint density at radius 2 is 1.68 bits per heavy atom. The highest BCUT2D eigenvalue weighted by Gasteiger charge is 2.38. The lowest BCUT2D eigenvalue weighted by atomic mass is 10.0. The molecule has 7 N–H and O–H groups in total. The van der Waals surface area contributed by atoms with Gasteiger partial charge in [-0.1, -0.05) is 29.8 Å². The number of hydrogen-bond acceptors (Lipinski definition) is 8. The Kier molecular flexibility index (Phi) is 13.6. The largest absolute Gasteiger partial charge is 0.490 e. The molecule has 1 unspecified atom stereocenters. The van der Waals surface area contributed by atoms with Crippen LogP contribution < -0.4 is 31.4 Å². The second kappa shape index (κ2) is 16.8. The number of carboxylic acid groups (broad SMARTS) is 1. The van der Waals surface area contributed by atoms with Gasteiger partial charge in [0.25, 0.3) is 5.91 Å². The molecule has 3 rings (SSSR count). The second-order valence-corrected chi connectivity index (χ2v) is 9.66. The Morgan fingerprint density at radius 3 is 2.23 bits per heavy atom. The van der Waals surface area contributed by atoms with Crippen molar-refractivity contribution < 1.29 is 37.3 Å². The summed E-state index contributed by atoms with van der Waals surface area (Å²) in [4.78, 5) is 24.3. The minimum atomic E-state index is -5.08. The highest BCUT2D eigenvalue weighted by molar-refractivity contribution is 6.33. The highest BCUT2D eigenvalue weighted by atomic mass is 35.5. The molecular formula is C29H34ClF3N6O5. The summed E-state index contributed by atoms with van der Waals surface area (Å²) in [5.74, 6) is -1.99. The number of likely N-dealkylation sites (N-methyl/N-ethyl adjacent to an activating group) is 1. The minimum Gasteiger partial charge on any atom is -0.490 e. The molecule has 0 aliphatic carbocycles. The first-order chi connectivity index (χ1) is 20.7. The number of carbonyl (C=O) groups is 2. The predicted molar refractivity (Wildman–Crippen MR) is 162 cm³/mol. The first-order valence-corrected chi connectivity index (χ1v) is 13.5. The number of aliphatic carboxylic acids is 1. The van der Waals surface area contributed by atoms with Gasteiger partial charge in [-0.3, -0.25) is 21.1 Å². The Balaban J connectivity index is 0.000000860. The van der Waals surface area contributed by atoms with Crippen molar-refractivity contribution >= 4 is 40.7 Å². The number of amides is 1. The van der Waals surface area contributed by atoms with Crippen LogP contribution in [0.25, 0.3) is 0 Å². The maximum Gasteiger partial charge on any atom is 0.490 e. The van der Waals surface area contributed by atoms with Crippen LogP contribution in [-0.4, -0.2) is 67.7 Å². The predicted octanol–water partition coefficient (Wildman–Crippen LogP) is 4.89. The number of nitrogens with zero attached hydrogens (tertiary/aromatic N) is 1. The summed E-state index contributed by atoms with van der Waals surface area (Å²) in [6, 6.07) is 18.7. The second-order valence-electron chi connectivity index (χ2n) is 9.26. The molecule has 1 atom stereocenters. The van der Waals surface area contributed by atoms with E-state index in [0.29, 0.717) is 52.2 Å². The lowest BCUT2D eigenvalue weighted by Crippen LogP contribution is -2.37. The summed E-state index contributed by atoms with van der Waals surface area (Å²) in [6.07, 6.45) is -5.08. The van der Waals surface area contributed by atoms with Gasteiger partial charge in [-0.05, 0) is 75.1 Å². The van der Waals surface area contributed by atoms with Gasteiger partial charge in [0.15, 0.2) is 11.5 Å². The van der Waals surface area contributed by atoms with Gasteiger partial charge in [-0.15, -0.1) is 0 Å². The number of nitrogens with one attached hydrogen (secondary N) is 4. The van der Waals surface area contributed by atoms with E-state index < -0.39 is 18.2 Å². The van der Waals surface area contributed by atoms with E-state index in [9.17, 15) is 18.0 Å². The number of rotatable bonds is 13. The van der Waals surface area contributed by atoms with Crippen LogP contribution in [0, 0.1) is 5.41 Å². The summed E-state index contributed by atoms with van der Waals surface area (Å²) in [5, 5.41) is 18.5. The number of carboxylic acids is 1. The smallest absolute Gasteiger partial charge is 0.490 e. The molecule has 44 heavy (non-hydrogen) atoms. The fourth-order valence-electron chi connectivity index (χ4n) is 3.41. The van der Waals surface area contributed by atoms with Crippen molar-refractivity contribution in [3.63, 3.8) is 0 Å². The SMILES string of the molecule is CCOc1cc(C(Nc2ccc(C(=N)N)cc2)C(=O)NNc2ccccc2Cl)ccc1OCCN(C)C.O=C(O)C(F)(F)F. The Labute approximate surface area is 257 Å². The van der Waals surface area contributed by atoms with Crippen LogP contribution in [0.4, 0.5) is 24.5 Å². The third kappa shape index (κ3) is 11.5. The molecule has 0 heterocycles. The normalized spacial score (nSPS) is 11.5. The van der Waals surface area contributed by atoms with Crippen LogP contribution in [0.15, 0.2) is 66.7 Å². The highest BCUT2D eigenvalue weighted by Crippen LogP contribution is 2.32. The third-order valence-electron chi connectivity index (χ3n) is 5.60. The van der Waals surface area contributed by atoms with Crippen LogP contribution in [-0.2, 0) is 9.59 Å². The van der Waals surface area contributed by atoms with Crippen molar-refractivity contribution in [1.29, 1.82) is 5.41 Å². The van der Waals surface area contributed by atoms with E-state index in [4.69, 9.17) is 42.1 Å². The summed E-state index contributed by atoms with van der Waals surface area (Å²) in [5.41, 5.74) is 13.7. The van der Waals surface area contributed by atoms with E-state index in [-0.39, 0.29) is 11.7 Å². The Morgan fingerprint density at radius 1 is 1.05 bits per heavy atom. The van der Waals surface area contributed by atoms with Crippen LogP contribution >= 0.6 is 11.6 Å². The Hall–Kier alpha value is -4.69. The first-order valence-electron chi connectivity index (χ1n) is 13.1. The molecule has 0 aromatic heterocycles. The van der Waals surface area contributed by atoms with Crippen molar-refractivity contribution in [1.82, 2.24) is 10.3 Å². The molecule has 3 aromatic carbocycles. The number of carbonyl (C=O) groups excluding carboxylic acids is 1. The van der Waals surface area contributed by atoms with E-state index in [1.165, 1.54) is 0 Å². The molecule has 238 valence electrons. The minimum absolute atomic E-state index is 0.0315. The number of alkyl halides is 3. The molecule has 0 spiro atoms. The molecule has 0 radical (unpaired) electrons. The van der Waals surface area contributed by atoms with Crippen LogP contribution in [0.3, 0.4) is 0 Å². The van der Waals surface area contributed by atoms with E-state index in [1.807, 2.05) is 44.1 Å². The van der Waals surface area contributed by atoms with Crippen molar-refractivity contribution in [2.24, 2.45) is 5.73 Å². The molecular weight excluding hydrogens is 605 g/mol. The molecule has 1 amide bonds. The number of nitrogen functional groups attached to an aromatic ring is 1. The van der Waals surface area contributed by atoms with Crippen molar-refractivity contribution in [2.45, 2.75) is 19.1 Å². The fourth-order valence-corrected chi connectivity index (χ4v) is 3.59. The number of para-hydroxylation sites is 1. The van der Waals surface area contributed by atoms with Crippen LogP contribution in [0.2, 0.25) is 5.02 Å². The molecule has 11 nitrogen and oxygen atoms in total. The van der Waals surface area contributed by atoms with E-state index >= 15 is 0 Å². The standard InChI is InChI=1S/C27H33ClN6O3.C2HF3O2/c1-4-36-24-17-19(11-14-23(24)37-16-15-34(2)3)25(31-20-12-9-18(10-13-20)26(29)30)27(35)33-32-22-8-6-5-7-21(22)28;3-2(4,5)1(6)7/h5-14,17,25,31-32H,4,15-16H2,1-3H3,(H3,29,30)(H,33,35);(H,6,7). The zero-order valence-electron chi connectivity index (χ0n) is 24.2. The molecule has 0 saturated heterocycles. The maximum atomic E-state index is 13.4. The van der Waals surface area contributed by atoms with Gasteiger partial charge in [0.1, 0.15) is 18.5 Å². The van der Waals surface area contributed by atoms with Gasteiger partial charge in [-0.25, -0.2) is 4.79 Å². The summed E-state index contributed by atoms with van der Waals surface area (Å²) in [6.45, 7) is 3.59. The lowest BCUT2D eigenvalue weighted by molar-refractivity contribution is -0.192. The van der Waals surface area contributed by atoms with Crippen molar-refractivity contribution in [2.75, 3.05) is 44.6 Å². The van der Waals surface area contributed by atoms with Gasteiger partial charge in [0.2, 0.25) is 0 Å². The van der Waals surface area contributed by atoms with E-state index in [0.717, 1.165) is 6.54 Å². The van der Waals surface area contributed by atoms with Gasteiger partial charge >= 0.3 is 12.1 Å². The average molecular weight is 639 g/mol. The zero-order valence-corrected chi connectivity index (χ0v) is 24.9. The van der Waals surface area contributed by atoms with Gasteiger partial charge < -0.3 is 30.5 Å². The molecule has 0 aliphatic rings. The number of amidine groups is 1. The van der Waals surface area contributed by atoms with Crippen molar-refractivity contribution in [3.8, 4) is 11.5 Å². The van der Waals surface area contributed by atoms with Gasteiger partial charge in [0, 0.05) is 17.8 Å². The number of nitrogens with two attached hydrogens (primary N) is 1. The summed E-state index contributed by atoms with van der Waals surface area (Å²) >= 11 is 6.22. The molecule has 15 heteroatoms. The number of hydrogen-bond donors (Lipinski definition) is 6. The molecule has 3 aromatic rings. The van der Waals surface area contributed by atoms with E-state index in [2.05, 4.69) is 16.2 Å². The molecule has 0 saturated carbocycles. The van der Waals surface area contributed by atoms with Crippen LogP contribution in [0.1, 0.15) is 24.1 Å². The first kappa shape index (κ1) is 35.5. The fraction of sp³-hybridized carbons (Fsp3) is 0.276. The summed E-state index contributed by atoms with van der Waals surface area (Å²) in [7, 11) is 3.95. The third-order valence-corrected chi connectivity index (χ3v) is 5.93. The maximum absolute atomic E-state index is 13.4.